The van der Waals surface area contributed by atoms with Crippen LogP contribution in [0.25, 0.3) is 10.8 Å². The van der Waals surface area contributed by atoms with Crippen molar-refractivity contribution in [3.63, 3.8) is 0 Å². The zero-order valence-electron chi connectivity index (χ0n) is 10.7. The van der Waals surface area contributed by atoms with Gasteiger partial charge in [0.05, 0.1) is 0 Å². The first-order chi connectivity index (χ1) is 9.25. The average Bonchev–Trinajstić information content (AvgIpc) is 2.92. The van der Waals surface area contributed by atoms with Gasteiger partial charge in [-0.05, 0) is 35.7 Å². The van der Waals surface area contributed by atoms with Gasteiger partial charge in [-0.25, -0.2) is 0 Å². The molecule has 0 aromatic heterocycles. The van der Waals surface area contributed by atoms with E-state index in [0.29, 0.717) is 6.04 Å². The topological polar surface area (TPSA) is 29.1 Å². The van der Waals surface area contributed by atoms with Crippen LogP contribution >= 0.6 is 15.9 Å². The van der Waals surface area contributed by atoms with Crippen LogP contribution in [0.5, 0.6) is 0 Å². The average molecular weight is 318 g/mol. The van der Waals surface area contributed by atoms with E-state index in [1.54, 1.807) is 0 Å². The summed E-state index contributed by atoms with van der Waals surface area (Å²) in [6, 6.07) is 12.2. The van der Waals surface area contributed by atoms with Crippen molar-refractivity contribution < 1.29 is 4.79 Å². The van der Waals surface area contributed by atoms with E-state index in [4.69, 9.17) is 0 Å². The van der Waals surface area contributed by atoms with Crippen LogP contribution < -0.4 is 5.32 Å². The van der Waals surface area contributed by atoms with E-state index in [0.717, 1.165) is 33.7 Å². The van der Waals surface area contributed by atoms with Crippen molar-refractivity contribution in [2.24, 2.45) is 0 Å². The largest absolute Gasteiger partial charge is 0.349 e. The molecule has 2 nitrogen and oxygen atoms in total. The van der Waals surface area contributed by atoms with E-state index >= 15 is 0 Å². The standard InChI is InChI=1S/C16H16BrNO/c17-15-10-9-14(12-7-3-4-8-13(12)15)16(19)18-11-5-1-2-6-11/h3-4,7-11H,1-2,5-6H2,(H,18,19). The number of amides is 1. The van der Waals surface area contributed by atoms with E-state index < -0.39 is 0 Å². The lowest BCUT2D eigenvalue weighted by Crippen LogP contribution is -2.32. The molecule has 1 aliphatic carbocycles. The molecule has 1 amide bonds. The van der Waals surface area contributed by atoms with Crippen LogP contribution in [0, 0.1) is 0 Å². The Morgan fingerprint density at radius 2 is 1.74 bits per heavy atom. The predicted octanol–water partition coefficient (Wildman–Crippen LogP) is 4.27. The molecule has 0 unspecified atom stereocenters. The molecular weight excluding hydrogens is 302 g/mol. The molecule has 0 radical (unpaired) electrons. The Kier molecular flexibility index (Phi) is 3.56. The Bertz CT molecular complexity index is 617. The Labute approximate surface area is 121 Å². The lowest BCUT2D eigenvalue weighted by atomic mass is 10.0. The van der Waals surface area contributed by atoms with E-state index in [-0.39, 0.29) is 5.91 Å². The minimum atomic E-state index is 0.0515. The van der Waals surface area contributed by atoms with Crippen LogP contribution in [0.1, 0.15) is 36.0 Å². The van der Waals surface area contributed by atoms with Crippen molar-refractivity contribution in [1.29, 1.82) is 0 Å². The number of rotatable bonds is 2. The maximum absolute atomic E-state index is 12.4. The molecule has 2 aromatic rings. The summed E-state index contributed by atoms with van der Waals surface area (Å²) in [6.07, 6.45) is 4.68. The lowest BCUT2D eigenvalue weighted by molar-refractivity contribution is 0.0939. The van der Waals surface area contributed by atoms with E-state index in [2.05, 4.69) is 21.2 Å². The van der Waals surface area contributed by atoms with Crippen LogP contribution in [0.3, 0.4) is 0 Å². The van der Waals surface area contributed by atoms with E-state index in [1.165, 1.54) is 12.8 Å². The highest BCUT2D eigenvalue weighted by Crippen LogP contribution is 2.27. The number of hydrogen-bond acceptors (Lipinski definition) is 1. The van der Waals surface area contributed by atoms with Gasteiger partial charge in [-0.15, -0.1) is 0 Å². The Morgan fingerprint density at radius 3 is 2.47 bits per heavy atom. The van der Waals surface area contributed by atoms with E-state index in [1.807, 2.05) is 36.4 Å². The van der Waals surface area contributed by atoms with Gasteiger partial charge in [-0.2, -0.15) is 0 Å². The summed E-state index contributed by atoms with van der Waals surface area (Å²) in [5, 5.41) is 5.24. The van der Waals surface area contributed by atoms with Gasteiger partial charge in [-0.3, -0.25) is 4.79 Å². The Morgan fingerprint density at radius 1 is 1.05 bits per heavy atom. The number of benzene rings is 2. The SMILES string of the molecule is O=C(NC1CCCC1)c1ccc(Br)c2ccccc12. The van der Waals surface area contributed by atoms with Crippen molar-refractivity contribution >= 4 is 32.6 Å². The first kappa shape index (κ1) is 12.7. The normalized spacial score (nSPS) is 15.8. The highest BCUT2D eigenvalue weighted by molar-refractivity contribution is 9.10. The summed E-state index contributed by atoms with van der Waals surface area (Å²) in [5.41, 5.74) is 0.769. The van der Waals surface area contributed by atoms with Gasteiger partial charge in [0.15, 0.2) is 0 Å². The van der Waals surface area contributed by atoms with Crippen molar-refractivity contribution in [2.45, 2.75) is 31.7 Å². The van der Waals surface area contributed by atoms with Crippen LogP contribution in [0.15, 0.2) is 40.9 Å². The second-order valence-electron chi connectivity index (χ2n) is 5.10. The summed E-state index contributed by atoms with van der Waals surface area (Å²) in [6.45, 7) is 0. The molecule has 1 N–H and O–H groups in total. The highest BCUT2D eigenvalue weighted by Gasteiger charge is 2.19. The number of hydrogen-bond donors (Lipinski definition) is 1. The molecule has 1 saturated carbocycles. The van der Waals surface area contributed by atoms with Crippen LogP contribution in [0.2, 0.25) is 0 Å². The van der Waals surface area contributed by atoms with Gasteiger partial charge >= 0.3 is 0 Å². The highest BCUT2D eigenvalue weighted by atomic mass is 79.9. The monoisotopic (exact) mass is 317 g/mol. The lowest BCUT2D eigenvalue weighted by Gasteiger charge is -2.13. The summed E-state index contributed by atoms with van der Waals surface area (Å²) in [7, 11) is 0. The Balaban J connectivity index is 1.95. The number of carbonyl (C=O) groups is 1. The van der Waals surface area contributed by atoms with Crippen LogP contribution in [-0.2, 0) is 0 Å². The molecule has 1 aliphatic rings. The van der Waals surface area contributed by atoms with Gasteiger partial charge in [0.1, 0.15) is 0 Å². The number of halogens is 1. The zero-order chi connectivity index (χ0) is 13.2. The second kappa shape index (κ2) is 5.33. The molecule has 0 saturated heterocycles. The molecule has 3 heteroatoms. The maximum atomic E-state index is 12.4. The predicted molar refractivity (Wildman–Crippen MR) is 81.4 cm³/mol. The number of carbonyl (C=O) groups excluding carboxylic acids is 1. The fraction of sp³-hybridized carbons (Fsp3) is 0.312. The third kappa shape index (κ3) is 2.52. The summed E-state index contributed by atoms with van der Waals surface area (Å²) in [4.78, 5) is 12.4. The van der Waals surface area contributed by atoms with Crippen molar-refractivity contribution in [2.75, 3.05) is 0 Å². The molecule has 1 fully saturated rings. The van der Waals surface area contributed by atoms with E-state index in [9.17, 15) is 4.79 Å². The fourth-order valence-electron chi connectivity index (χ4n) is 2.79. The summed E-state index contributed by atoms with van der Waals surface area (Å²) < 4.78 is 1.03. The Hall–Kier alpha value is -1.35. The molecule has 3 rings (SSSR count). The third-order valence-electron chi connectivity index (χ3n) is 3.81. The van der Waals surface area contributed by atoms with Gasteiger partial charge in [0, 0.05) is 16.1 Å². The molecular formula is C16H16BrNO. The third-order valence-corrected chi connectivity index (χ3v) is 4.50. The maximum Gasteiger partial charge on any atom is 0.252 e. The minimum Gasteiger partial charge on any atom is -0.349 e. The summed E-state index contributed by atoms with van der Waals surface area (Å²) in [5.74, 6) is 0.0515. The molecule has 19 heavy (non-hydrogen) atoms. The van der Waals surface area contributed by atoms with Crippen LogP contribution in [-0.4, -0.2) is 11.9 Å². The molecule has 98 valence electrons. The fourth-order valence-corrected chi connectivity index (χ4v) is 3.27. The van der Waals surface area contributed by atoms with Gasteiger partial charge < -0.3 is 5.32 Å². The van der Waals surface area contributed by atoms with Gasteiger partial charge in [0.2, 0.25) is 0 Å². The van der Waals surface area contributed by atoms with Crippen molar-refractivity contribution in [3.05, 3.63) is 46.4 Å². The number of nitrogens with one attached hydrogen (secondary N) is 1. The molecule has 0 bridgehead atoms. The van der Waals surface area contributed by atoms with Crippen molar-refractivity contribution in [1.82, 2.24) is 5.32 Å². The first-order valence-corrected chi connectivity index (χ1v) is 7.53. The minimum absolute atomic E-state index is 0.0515. The van der Waals surface area contributed by atoms with Crippen molar-refractivity contribution in [3.8, 4) is 0 Å². The second-order valence-corrected chi connectivity index (χ2v) is 5.95. The first-order valence-electron chi connectivity index (χ1n) is 6.74. The number of fused-ring (bicyclic) bond motifs is 1. The molecule has 0 aliphatic heterocycles. The zero-order valence-corrected chi connectivity index (χ0v) is 12.2. The molecule has 0 atom stereocenters. The summed E-state index contributed by atoms with van der Waals surface area (Å²) >= 11 is 3.54. The molecule has 0 spiro atoms. The molecule has 2 aromatic carbocycles. The van der Waals surface area contributed by atoms with Gasteiger partial charge in [0.25, 0.3) is 5.91 Å². The quantitative estimate of drug-likeness (QED) is 0.880. The molecule has 0 heterocycles. The van der Waals surface area contributed by atoms with Crippen LogP contribution in [0.4, 0.5) is 0 Å². The smallest absolute Gasteiger partial charge is 0.252 e. The van der Waals surface area contributed by atoms with Gasteiger partial charge in [-0.1, -0.05) is 53.0 Å².